The van der Waals surface area contributed by atoms with Gasteiger partial charge in [-0.25, -0.2) is 4.98 Å². The summed E-state index contributed by atoms with van der Waals surface area (Å²) in [6.07, 6.45) is 4.24. The van der Waals surface area contributed by atoms with Gasteiger partial charge in [0.05, 0.1) is 54.2 Å². The van der Waals surface area contributed by atoms with Crippen molar-refractivity contribution in [3.8, 4) is 11.5 Å². The number of anilines is 2. The molecule has 1 saturated carbocycles. The number of fused-ring (bicyclic) bond motifs is 3. The topological polar surface area (TPSA) is 164 Å². The second-order valence-electron chi connectivity index (χ2n) is 13.4. The van der Waals surface area contributed by atoms with E-state index in [2.05, 4.69) is 29.2 Å². The zero-order valence-electron chi connectivity index (χ0n) is 31.5. The molecule has 7 rings (SSSR count). The number of carbonyl (C=O) groups excluding carboxylic acids is 5. The number of aromatic nitrogens is 1. The van der Waals surface area contributed by atoms with E-state index >= 15 is 0 Å². The lowest BCUT2D eigenvalue weighted by Gasteiger charge is -2.19. The highest BCUT2D eigenvalue weighted by molar-refractivity contribution is 6.51. The molecule has 0 spiro atoms. The van der Waals surface area contributed by atoms with Gasteiger partial charge < -0.3 is 35.2 Å². The van der Waals surface area contributed by atoms with Crippen LogP contribution in [-0.2, 0) is 14.4 Å². The summed E-state index contributed by atoms with van der Waals surface area (Å²) in [4.78, 5) is 67.1. The normalized spacial score (nSPS) is 14.4. The van der Waals surface area contributed by atoms with Crippen LogP contribution in [0.4, 0.5) is 11.4 Å². The molecule has 3 aliphatic rings. The number of nitrogens with zero attached hydrogens (tertiary/aromatic N) is 4. The molecule has 13 heteroatoms. The number of nitrogens with one attached hydrogen (secondary N) is 1. The van der Waals surface area contributed by atoms with Crippen LogP contribution in [0.1, 0.15) is 59.2 Å². The maximum atomic E-state index is 13.2. The maximum Gasteiger partial charge on any atom is 0.296 e. The van der Waals surface area contributed by atoms with E-state index in [9.17, 15) is 24.0 Å². The van der Waals surface area contributed by atoms with Crippen LogP contribution in [0.2, 0.25) is 0 Å². The van der Waals surface area contributed by atoms with Gasteiger partial charge in [-0.05, 0) is 116 Å². The Morgan fingerprint density at radius 2 is 1.45 bits per heavy atom. The van der Waals surface area contributed by atoms with Crippen molar-refractivity contribution in [3.05, 3.63) is 65.7 Å². The molecule has 3 heterocycles. The number of nitrogens with two attached hydrogens (primary N) is 1. The highest BCUT2D eigenvalue weighted by Gasteiger charge is 2.32. The molecule has 0 radical (unpaired) electrons. The first-order valence-electron chi connectivity index (χ1n) is 17.7. The van der Waals surface area contributed by atoms with Crippen LogP contribution in [0.25, 0.3) is 21.8 Å². The average Bonchev–Trinajstić information content (AvgIpc) is 3.59. The van der Waals surface area contributed by atoms with E-state index in [1.165, 1.54) is 7.11 Å². The second-order valence-corrected chi connectivity index (χ2v) is 13.4. The van der Waals surface area contributed by atoms with Crippen LogP contribution in [0, 0.1) is 0 Å². The zero-order valence-corrected chi connectivity index (χ0v) is 31.5. The molecular weight excluding hydrogens is 676 g/mol. The molecule has 0 bridgehead atoms. The molecule has 3 N–H and O–H groups in total. The fourth-order valence-electron chi connectivity index (χ4n) is 6.08. The highest BCUT2D eigenvalue weighted by Crippen LogP contribution is 2.41. The molecule has 13 nitrogen and oxygen atoms in total. The Kier molecular flexibility index (Phi) is 14.5. The Bertz CT molecular complexity index is 1960. The molecule has 0 atom stereocenters. The predicted octanol–water partition coefficient (Wildman–Crippen LogP) is 4.73. The number of rotatable bonds is 9. The number of Topliss-reactive ketones (excluding diaryl/α,β-unsaturated/α-hetero) is 3. The van der Waals surface area contributed by atoms with E-state index < -0.39 is 11.7 Å². The first kappa shape index (κ1) is 40.5. The van der Waals surface area contributed by atoms with Crippen LogP contribution >= 0.6 is 0 Å². The van der Waals surface area contributed by atoms with Gasteiger partial charge in [0.2, 0.25) is 0 Å². The fourth-order valence-corrected chi connectivity index (χ4v) is 6.08. The third-order valence-electron chi connectivity index (χ3n) is 8.76. The first-order valence-corrected chi connectivity index (χ1v) is 17.7. The van der Waals surface area contributed by atoms with Gasteiger partial charge in [-0.2, -0.15) is 0 Å². The van der Waals surface area contributed by atoms with Gasteiger partial charge in [-0.1, -0.05) is 6.07 Å². The van der Waals surface area contributed by atoms with Gasteiger partial charge in [-0.15, -0.1) is 0 Å². The number of ketones is 3. The first-order chi connectivity index (χ1) is 25.4. The van der Waals surface area contributed by atoms with Crippen molar-refractivity contribution in [2.24, 2.45) is 5.73 Å². The lowest BCUT2D eigenvalue weighted by Crippen LogP contribution is -2.30. The number of benzene rings is 3. The van der Waals surface area contributed by atoms with E-state index in [1.54, 1.807) is 25.3 Å². The minimum atomic E-state index is -0.580. The number of hydrogen-bond acceptors (Lipinski definition) is 11. The Balaban J connectivity index is 0.000000186. The molecule has 2 aliphatic heterocycles. The number of hydrogen-bond donors (Lipinski definition) is 2. The highest BCUT2D eigenvalue weighted by atomic mass is 16.5. The van der Waals surface area contributed by atoms with Gasteiger partial charge >= 0.3 is 0 Å². The number of amides is 2. The monoisotopic (exact) mass is 726 g/mol. The summed E-state index contributed by atoms with van der Waals surface area (Å²) < 4.78 is 10.3. The van der Waals surface area contributed by atoms with Crippen molar-refractivity contribution in [3.63, 3.8) is 0 Å². The lowest BCUT2D eigenvalue weighted by molar-refractivity contribution is -0.129. The smallest absolute Gasteiger partial charge is 0.296 e. The zero-order chi connectivity index (χ0) is 38.7. The largest absolute Gasteiger partial charge is 0.497 e. The minimum Gasteiger partial charge on any atom is -0.497 e. The molecule has 1 fully saturated rings. The number of methoxy groups -OCH3 is 2. The van der Waals surface area contributed by atoms with E-state index in [4.69, 9.17) is 20.2 Å². The molecule has 1 aromatic heterocycles. The van der Waals surface area contributed by atoms with Crippen molar-refractivity contribution >= 4 is 62.3 Å². The van der Waals surface area contributed by atoms with Crippen molar-refractivity contribution < 1.29 is 33.4 Å². The summed E-state index contributed by atoms with van der Waals surface area (Å²) in [6.45, 7) is 3.56. The third-order valence-corrected chi connectivity index (χ3v) is 8.76. The summed E-state index contributed by atoms with van der Waals surface area (Å²) in [6, 6.07) is 16.6. The van der Waals surface area contributed by atoms with E-state index in [1.807, 2.05) is 55.4 Å². The van der Waals surface area contributed by atoms with Crippen LogP contribution in [0.5, 0.6) is 11.5 Å². The molecule has 4 aromatic rings. The average molecular weight is 727 g/mol. The van der Waals surface area contributed by atoms with Crippen LogP contribution < -0.4 is 25.4 Å². The Morgan fingerprint density at radius 1 is 0.811 bits per heavy atom. The van der Waals surface area contributed by atoms with E-state index in [-0.39, 0.29) is 23.9 Å². The van der Waals surface area contributed by atoms with Gasteiger partial charge in [0.25, 0.3) is 17.6 Å². The summed E-state index contributed by atoms with van der Waals surface area (Å²) >= 11 is 0. The van der Waals surface area contributed by atoms with Crippen LogP contribution in [-0.4, -0.2) is 113 Å². The summed E-state index contributed by atoms with van der Waals surface area (Å²) in [5.41, 5.74) is 9.59. The summed E-state index contributed by atoms with van der Waals surface area (Å²) in [7, 11) is 11.3. The van der Waals surface area contributed by atoms with Crippen LogP contribution in [0.3, 0.4) is 0 Å². The van der Waals surface area contributed by atoms with E-state index in [0.717, 1.165) is 77.7 Å². The molecule has 0 unspecified atom stereocenters. The fraction of sp³-hybridized carbons (Fsp3) is 0.400. The molecular formula is C40H50N6O7. The minimum absolute atomic E-state index is 0.0607. The summed E-state index contributed by atoms with van der Waals surface area (Å²) in [5, 5.41) is 4.27. The van der Waals surface area contributed by atoms with Crippen molar-refractivity contribution in [1.82, 2.24) is 14.8 Å². The van der Waals surface area contributed by atoms with Crippen molar-refractivity contribution in [2.75, 3.05) is 78.8 Å². The van der Waals surface area contributed by atoms with Gasteiger partial charge in [0, 0.05) is 30.2 Å². The molecule has 282 valence electrons. The molecule has 2 amide bonds. The summed E-state index contributed by atoms with van der Waals surface area (Å²) in [5.74, 6) is 0.509. The standard InChI is InChI=1S/C20H21N3O2.C9H7NO3.C6H8O2.C5H14N2/c1-22(2)10-5-11-23-17-7-4-6-16-19(17)18(20(23)24)14-12-13(25-3)8-9-15(14)21-16;1-13-5-2-3-7-6(4-5)8(11)9(12)10-7;7-5-2-1-3-6(8)4-5;1-7(2)5-3-4-6/h4,6-9,12H,5,10-11H2,1-3H3;2-4H,1H3,(H,10,11,12);1-4H2;3-6H2,1-2H3. The number of ether oxygens (including phenoxy) is 2. The predicted molar refractivity (Wildman–Crippen MR) is 207 cm³/mol. The third kappa shape index (κ3) is 10.4. The van der Waals surface area contributed by atoms with Gasteiger partial charge in [0.1, 0.15) is 23.1 Å². The quantitative estimate of drug-likeness (QED) is 0.139. The molecule has 3 aromatic carbocycles. The van der Waals surface area contributed by atoms with Gasteiger partial charge in [-0.3, -0.25) is 24.0 Å². The molecule has 53 heavy (non-hydrogen) atoms. The number of pyridine rings is 1. The Labute approximate surface area is 310 Å². The SMILES string of the molecule is CN(C)CCCN.COc1ccc2c(c1)C(=O)C(=O)N2.COc1ccc2nc3cccc4c3c(c2c1)C(=O)N4CCCN(C)C.O=C1CCCC(=O)C1. The molecule has 1 aliphatic carbocycles. The van der Waals surface area contributed by atoms with Crippen LogP contribution in [0.15, 0.2) is 54.6 Å². The van der Waals surface area contributed by atoms with E-state index in [0.29, 0.717) is 36.4 Å². The van der Waals surface area contributed by atoms with Gasteiger partial charge in [0.15, 0.2) is 0 Å². The van der Waals surface area contributed by atoms with Crippen molar-refractivity contribution in [1.29, 1.82) is 0 Å². The molecule has 0 saturated heterocycles. The Morgan fingerprint density at radius 3 is 2.04 bits per heavy atom. The second kappa shape index (κ2) is 19.0. The lowest BCUT2D eigenvalue weighted by atomic mass is 9.98. The maximum absolute atomic E-state index is 13.2. The Hall–Kier alpha value is -5.24. The number of carbonyl (C=O) groups is 5. The van der Waals surface area contributed by atoms with Crippen molar-refractivity contribution in [2.45, 2.75) is 38.5 Å².